The summed E-state index contributed by atoms with van der Waals surface area (Å²) in [4.78, 5) is 0. The van der Waals surface area contributed by atoms with Gasteiger partial charge in [-0.1, -0.05) is 39.3 Å². The molecule has 1 N–H and O–H groups in total. The first-order valence-electron chi connectivity index (χ1n) is 5.14. The minimum atomic E-state index is 0.838. The molecule has 1 heterocycles. The van der Waals surface area contributed by atoms with Crippen molar-refractivity contribution < 1.29 is 0 Å². The van der Waals surface area contributed by atoms with Crippen molar-refractivity contribution in [2.45, 2.75) is 13.1 Å². The molecule has 16 heavy (non-hydrogen) atoms. The molecule has 0 unspecified atom stereocenters. The molecule has 2 rings (SSSR count). The second-order valence-corrected chi connectivity index (χ2v) is 4.29. The lowest BCUT2D eigenvalue weighted by Gasteiger charge is -2.06. The van der Waals surface area contributed by atoms with Crippen LogP contribution in [0.3, 0.4) is 0 Å². The summed E-state index contributed by atoms with van der Waals surface area (Å²) in [6.45, 7) is 2.57. The first-order valence-corrected chi connectivity index (χ1v) is 5.94. The van der Waals surface area contributed by atoms with E-state index in [9.17, 15) is 0 Å². The number of halogens is 1. The van der Waals surface area contributed by atoms with Gasteiger partial charge in [0, 0.05) is 23.8 Å². The quantitative estimate of drug-likeness (QED) is 0.850. The molecule has 0 atom stereocenters. The van der Waals surface area contributed by atoms with Crippen LogP contribution < -0.4 is 5.32 Å². The maximum absolute atomic E-state index is 3.90. The molecule has 0 aliphatic carbocycles. The lowest BCUT2D eigenvalue weighted by molar-refractivity contribution is 0.540. The highest BCUT2D eigenvalue weighted by Gasteiger charge is 1.97. The van der Waals surface area contributed by atoms with Gasteiger partial charge in [-0.25, -0.2) is 0 Å². The van der Waals surface area contributed by atoms with Crippen molar-refractivity contribution in [3.8, 4) is 0 Å². The van der Waals surface area contributed by atoms with Crippen molar-refractivity contribution in [2.24, 2.45) is 0 Å². The fourth-order valence-corrected chi connectivity index (χ4v) is 1.84. The number of rotatable bonds is 5. The van der Waals surface area contributed by atoms with Gasteiger partial charge in [-0.05, 0) is 11.6 Å². The van der Waals surface area contributed by atoms with Gasteiger partial charge in [0.05, 0.1) is 12.7 Å². The van der Waals surface area contributed by atoms with Crippen molar-refractivity contribution in [1.82, 2.24) is 20.3 Å². The number of hydrogen-bond donors (Lipinski definition) is 1. The molecule has 0 saturated heterocycles. The summed E-state index contributed by atoms with van der Waals surface area (Å²) >= 11 is 3.52. The van der Waals surface area contributed by atoms with E-state index in [1.165, 1.54) is 5.56 Å². The van der Waals surface area contributed by atoms with Gasteiger partial charge in [0.25, 0.3) is 0 Å². The van der Waals surface area contributed by atoms with Crippen LogP contribution >= 0.6 is 15.9 Å². The Morgan fingerprint density at radius 2 is 2.19 bits per heavy atom. The lowest BCUT2D eigenvalue weighted by atomic mass is 10.2. The topological polar surface area (TPSA) is 42.7 Å². The molecule has 0 aliphatic heterocycles. The zero-order valence-electron chi connectivity index (χ0n) is 8.81. The minimum Gasteiger partial charge on any atom is -0.311 e. The van der Waals surface area contributed by atoms with Gasteiger partial charge in [-0.15, -0.1) is 5.10 Å². The van der Waals surface area contributed by atoms with E-state index >= 15 is 0 Å². The van der Waals surface area contributed by atoms with Crippen LogP contribution in [0.15, 0.2) is 41.1 Å². The van der Waals surface area contributed by atoms with E-state index in [2.05, 4.69) is 43.7 Å². The van der Waals surface area contributed by atoms with Gasteiger partial charge in [0.2, 0.25) is 0 Å². The number of benzene rings is 1. The van der Waals surface area contributed by atoms with Crippen LogP contribution in [0.4, 0.5) is 0 Å². The molecule has 1 aromatic carbocycles. The van der Waals surface area contributed by atoms with E-state index < -0.39 is 0 Å². The summed E-state index contributed by atoms with van der Waals surface area (Å²) in [6.07, 6.45) is 3.55. The third kappa shape index (κ3) is 3.15. The second kappa shape index (κ2) is 5.77. The monoisotopic (exact) mass is 280 g/mol. The fraction of sp³-hybridized carbons (Fsp3) is 0.273. The van der Waals surface area contributed by atoms with Crippen LogP contribution in [0.1, 0.15) is 5.56 Å². The van der Waals surface area contributed by atoms with Crippen molar-refractivity contribution in [1.29, 1.82) is 0 Å². The Morgan fingerprint density at radius 1 is 1.31 bits per heavy atom. The number of nitrogens with one attached hydrogen (secondary N) is 1. The van der Waals surface area contributed by atoms with Crippen LogP contribution in [-0.2, 0) is 13.1 Å². The molecule has 0 bridgehead atoms. The Bertz CT molecular complexity index is 427. The molecule has 0 spiro atoms. The van der Waals surface area contributed by atoms with Gasteiger partial charge in [-0.3, -0.25) is 4.68 Å². The highest BCUT2D eigenvalue weighted by molar-refractivity contribution is 9.10. The standard InChI is InChI=1S/C11H13BrN4/c12-11-4-2-1-3-10(11)9-13-5-7-16-8-6-14-15-16/h1-4,6,8,13H,5,7,9H2. The molecule has 0 radical (unpaired) electrons. The van der Waals surface area contributed by atoms with E-state index in [1.807, 2.05) is 23.0 Å². The molecular weight excluding hydrogens is 268 g/mol. The average Bonchev–Trinajstić information content (AvgIpc) is 2.79. The van der Waals surface area contributed by atoms with Crippen molar-refractivity contribution in [3.05, 3.63) is 46.7 Å². The number of aromatic nitrogens is 3. The van der Waals surface area contributed by atoms with E-state index in [4.69, 9.17) is 0 Å². The fourth-order valence-electron chi connectivity index (χ4n) is 1.41. The molecule has 0 aliphatic rings. The molecule has 2 aromatic rings. The van der Waals surface area contributed by atoms with Gasteiger partial charge in [-0.2, -0.15) is 0 Å². The van der Waals surface area contributed by atoms with Gasteiger partial charge >= 0.3 is 0 Å². The zero-order chi connectivity index (χ0) is 11.2. The average molecular weight is 281 g/mol. The van der Waals surface area contributed by atoms with E-state index in [1.54, 1.807) is 6.20 Å². The summed E-state index contributed by atoms with van der Waals surface area (Å²) in [5, 5.41) is 11.0. The largest absolute Gasteiger partial charge is 0.311 e. The van der Waals surface area contributed by atoms with Gasteiger partial charge in [0.1, 0.15) is 0 Å². The maximum atomic E-state index is 3.90. The van der Waals surface area contributed by atoms with Crippen LogP contribution in [0, 0.1) is 0 Å². The molecule has 84 valence electrons. The van der Waals surface area contributed by atoms with Gasteiger partial charge in [0.15, 0.2) is 0 Å². The summed E-state index contributed by atoms with van der Waals surface area (Å²) in [7, 11) is 0. The predicted molar refractivity (Wildman–Crippen MR) is 65.9 cm³/mol. The van der Waals surface area contributed by atoms with Crippen molar-refractivity contribution in [3.63, 3.8) is 0 Å². The van der Waals surface area contributed by atoms with E-state index in [0.29, 0.717) is 0 Å². The summed E-state index contributed by atoms with van der Waals surface area (Å²) in [5.41, 5.74) is 1.26. The first-order chi connectivity index (χ1) is 7.86. The molecule has 0 fully saturated rings. The van der Waals surface area contributed by atoms with Crippen molar-refractivity contribution in [2.75, 3.05) is 6.54 Å². The highest BCUT2D eigenvalue weighted by Crippen LogP contribution is 2.14. The predicted octanol–water partition coefficient (Wildman–Crippen LogP) is 1.83. The van der Waals surface area contributed by atoms with E-state index in [0.717, 1.165) is 24.1 Å². The summed E-state index contributed by atoms with van der Waals surface area (Å²) < 4.78 is 2.95. The van der Waals surface area contributed by atoms with Crippen LogP contribution in [0.5, 0.6) is 0 Å². The normalized spacial score (nSPS) is 10.6. The highest BCUT2D eigenvalue weighted by atomic mass is 79.9. The van der Waals surface area contributed by atoms with E-state index in [-0.39, 0.29) is 0 Å². The third-order valence-corrected chi connectivity index (χ3v) is 3.04. The zero-order valence-corrected chi connectivity index (χ0v) is 10.4. The molecule has 0 saturated carbocycles. The summed E-state index contributed by atoms with van der Waals surface area (Å²) in [5.74, 6) is 0. The minimum absolute atomic E-state index is 0.838. The number of nitrogens with zero attached hydrogens (tertiary/aromatic N) is 3. The molecule has 5 heteroatoms. The Hall–Kier alpha value is -1.20. The van der Waals surface area contributed by atoms with Crippen molar-refractivity contribution >= 4 is 15.9 Å². The molecular formula is C11H13BrN4. The first kappa shape index (κ1) is 11.3. The third-order valence-electron chi connectivity index (χ3n) is 2.26. The Labute approximate surface area is 103 Å². The van der Waals surface area contributed by atoms with Crippen LogP contribution in [0.25, 0.3) is 0 Å². The Balaban J connectivity index is 1.74. The molecule has 4 nitrogen and oxygen atoms in total. The Kier molecular flexibility index (Phi) is 4.07. The van der Waals surface area contributed by atoms with Crippen LogP contribution in [0.2, 0.25) is 0 Å². The smallest absolute Gasteiger partial charge is 0.0692 e. The molecule has 0 amide bonds. The lowest BCUT2D eigenvalue weighted by Crippen LogP contribution is -2.20. The SMILES string of the molecule is Brc1ccccc1CNCCn1ccnn1. The van der Waals surface area contributed by atoms with Gasteiger partial charge < -0.3 is 5.32 Å². The summed E-state index contributed by atoms with van der Waals surface area (Å²) in [6, 6.07) is 8.21. The Morgan fingerprint density at radius 3 is 2.94 bits per heavy atom. The maximum Gasteiger partial charge on any atom is 0.0692 e. The second-order valence-electron chi connectivity index (χ2n) is 3.43. The number of hydrogen-bond acceptors (Lipinski definition) is 3. The van der Waals surface area contributed by atoms with Crippen LogP contribution in [-0.4, -0.2) is 21.5 Å². The molecule has 1 aromatic heterocycles.